The second-order valence-corrected chi connectivity index (χ2v) is 6.00. The van der Waals surface area contributed by atoms with Crippen molar-refractivity contribution >= 4 is 10.1 Å². The minimum atomic E-state index is -5.69. The molecule has 0 unspecified atom stereocenters. The fourth-order valence-corrected chi connectivity index (χ4v) is 2.41. The van der Waals surface area contributed by atoms with Gasteiger partial charge in [0, 0.05) is 11.8 Å². The molecule has 0 atom stereocenters. The molecule has 0 saturated heterocycles. The van der Waals surface area contributed by atoms with Crippen LogP contribution in [0.4, 0.5) is 13.2 Å². The normalized spacial score (nSPS) is 15.3. The number of hydrogen-bond acceptors (Lipinski definition) is 4. The molecule has 1 aromatic heterocycles. The molecular weight excluding hydrogens is 319 g/mol. The second kappa shape index (κ2) is 7.62. The molecule has 0 spiro atoms. The highest BCUT2D eigenvalue weighted by atomic mass is 32.2. The number of aromatic nitrogens is 1. The van der Waals surface area contributed by atoms with Gasteiger partial charge in [0.05, 0.1) is 0 Å². The molecule has 0 aromatic carbocycles. The van der Waals surface area contributed by atoms with Gasteiger partial charge in [0.25, 0.3) is 0 Å². The van der Waals surface area contributed by atoms with E-state index < -0.39 is 21.5 Å². The summed E-state index contributed by atoms with van der Waals surface area (Å²) in [5.41, 5.74) is -5.11. The average molecular weight is 337 g/mol. The summed E-state index contributed by atoms with van der Waals surface area (Å²) >= 11 is 0. The maximum absolute atomic E-state index is 12.3. The van der Waals surface area contributed by atoms with Gasteiger partial charge in [-0.25, -0.2) is 4.98 Å². The van der Waals surface area contributed by atoms with Crippen molar-refractivity contribution in [3.05, 3.63) is 36.0 Å². The predicted molar refractivity (Wildman–Crippen MR) is 76.8 cm³/mol. The third kappa shape index (κ3) is 4.72. The van der Waals surface area contributed by atoms with Crippen molar-refractivity contribution in [3.8, 4) is 5.88 Å². The van der Waals surface area contributed by atoms with E-state index in [1.165, 1.54) is 18.3 Å². The van der Waals surface area contributed by atoms with Gasteiger partial charge in [0.15, 0.2) is 0 Å². The van der Waals surface area contributed by atoms with E-state index in [1.807, 2.05) is 26.0 Å². The smallest absolute Gasteiger partial charge is 0.355 e. The van der Waals surface area contributed by atoms with Gasteiger partial charge in [-0.3, -0.25) is 0 Å². The summed E-state index contributed by atoms with van der Waals surface area (Å²) in [4.78, 5) is 3.60. The van der Waals surface area contributed by atoms with Crippen LogP contribution in [0.1, 0.15) is 32.3 Å². The Morgan fingerprint density at radius 3 is 2.41 bits per heavy atom. The lowest BCUT2D eigenvalue weighted by Crippen LogP contribution is -2.28. The third-order valence-electron chi connectivity index (χ3n) is 2.94. The minimum absolute atomic E-state index is 0.232. The molecule has 4 nitrogen and oxygen atoms in total. The summed E-state index contributed by atoms with van der Waals surface area (Å²) in [6.45, 7) is 4.00. The maximum Gasteiger partial charge on any atom is 0.534 e. The van der Waals surface area contributed by atoms with E-state index in [4.69, 9.17) is 0 Å². The lowest BCUT2D eigenvalue weighted by atomic mass is 9.98. The van der Waals surface area contributed by atoms with Gasteiger partial charge in [0.2, 0.25) is 5.88 Å². The van der Waals surface area contributed by atoms with E-state index in [2.05, 4.69) is 9.17 Å². The van der Waals surface area contributed by atoms with E-state index in [0.29, 0.717) is 12.0 Å². The molecule has 2 rings (SSSR count). The van der Waals surface area contributed by atoms with Crippen LogP contribution in [0.5, 0.6) is 5.88 Å². The molecule has 1 aromatic rings. The first-order valence-electron chi connectivity index (χ1n) is 6.89. The quantitative estimate of drug-likeness (QED) is 0.476. The molecule has 1 aliphatic carbocycles. The van der Waals surface area contributed by atoms with Crippen LogP contribution in [0.25, 0.3) is 0 Å². The largest absolute Gasteiger partial charge is 0.534 e. The number of hydrogen-bond donors (Lipinski definition) is 0. The number of pyridine rings is 1. The summed E-state index contributed by atoms with van der Waals surface area (Å²) in [5.74, 6) is -0.271. The summed E-state index contributed by atoms with van der Waals surface area (Å²) in [5, 5.41) is 0. The van der Waals surface area contributed by atoms with Crippen molar-refractivity contribution in [2.75, 3.05) is 0 Å². The van der Waals surface area contributed by atoms with Gasteiger partial charge in [-0.2, -0.15) is 21.6 Å². The van der Waals surface area contributed by atoms with Crippen LogP contribution in [0.15, 0.2) is 30.5 Å². The van der Waals surface area contributed by atoms with E-state index in [0.717, 1.165) is 12.8 Å². The van der Waals surface area contributed by atoms with Crippen LogP contribution < -0.4 is 4.18 Å². The Morgan fingerprint density at radius 1 is 1.27 bits per heavy atom. The highest BCUT2D eigenvalue weighted by Gasteiger charge is 2.49. The van der Waals surface area contributed by atoms with Crippen LogP contribution in [0.3, 0.4) is 0 Å². The molecule has 8 heteroatoms. The Balaban J connectivity index is 0.00000116. The zero-order valence-corrected chi connectivity index (χ0v) is 13.1. The summed E-state index contributed by atoms with van der Waals surface area (Å²) in [6, 6.07) is 3.05. The lowest BCUT2D eigenvalue weighted by molar-refractivity contribution is -0.0501. The van der Waals surface area contributed by atoms with Gasteiger partial charge in [-0.1, -0.05) is 32.1 Å². The van der Waals surface area contributed by atoms with Crippen LogP contribution in [-0.2, 0) is 16.5 Å². The molecule has 0 radical (unpaired) electrons. The zero-order valence-electron chi connectivity index (χ0n) is 12.3. The molecule has 0 aliphatic heterocycles. The Labute approximate surface area is 128 Å². The first-order chi connectivity index (χ1) is 10.3. The highest BCUT2D eigenvalue weighted by molar-refractivity contribution is 7.87. The molecule has 22 heavy (non-hydrogen) atoms. The summed E-state index contributed by atoms with van der Waals surface area (Å²) in [7, 11) is -5.69. The molecule has 0 N–H and O–H groups in total. The van der Waals surface area contributed by atoms with Crippen LogP contribution in [0, 0.1) is 5.92 Å². The standard InChI is InChI=1S/C12H12F3NO3S.C2H6/c13-12(14,15)20(17,18)19-11-10(6-3-7-16-11)8-9-4-1-2-5-9;1-2/h1-3,6-7,9H,4-5,8H2;1-2H3. The number of rotatable bonds is 4. The fraction of sp³-hybridized carbons (Fsp3) is 0.500. The average Bonchev–Trinajstić information content (AvgIpc) is 2.95. The van der Waals surface area contributed by atoms with Crippen molar-refractivity contribution in [2.45, 2.75) is 38.6 Å². The highest BCUT2D eigenvalue weighted by Crippen LogP contribution is 2.30. The van der Waals surface area contributed by atoms with Crippen molar-refractivity contribution in [1.82, 2.24) is 4.98 Å². The molecule has 1 heterocycles. The molecule has 0 saturated carbocycles. The van der Waals surface area contributed by atoms with E-state index in [1.54, 1.807) is 0 Å². The monoisotopic (exact) mass is 337 g/mol. The Kier molecular flexibility index (Phi) is 6.40. The molecule has 1 aliphatic rings. The molecule has 124 valence electrons. The van der Waals surface area contributed by atoms with Crippen LogP contribution in [-0.4, -0.2) is 18.9 Å². The van der Waals surface area contributed by atoms with Gasteiger partial charge >= 0.3 is 15.6 Å². The van der Waals surface area contributed by atoms with E-state index in [-0.39, 0.29) is 5.92 Å². The first kappa shape index (κ1) is 18.5. The van der Waals surface area contributed by atoms with Gasteiger partial charge in [-0.15, -0.1) is 0 Å². The van der Waals surface area contributed by atoms with Crippen LogP contribution >= 0.6 is 0 Å². The zero-order chi connectivity index (χ0) is 16.8. The maximum atomic E-state index is 12.3. The molecule has 0 bridgehead atoms. The van der Waals surface area contributed by atoms with E-state index >= 15 is 0 Å². The molecule has 0 fully saturated rings. The molecular formula is C14H18F3NO3S. The third-order valence-corrected chi connectivity index (χ3v) is 3.88. The summed E-state index contributed by atoms with van der Waals surface area (Å²) < 4.78 is 63.1. The summed E-state index contributed by atoms with van der Waals surface area (Å²) in [6.07, 6.45) is 7.18. The van der Waals surface area contributed by atoms with E-state index in [9.17, 15) is 21.6 Å². The Bertz CT molecular complexity index is 604. The van der Waals surface area contributed by atoms with Gasteiger partial charge in [0.1, 0.15) is 0 Å². The number of alkyl halides is 3. The topological polar surface area (TPSA) is 56.3 Å². The van der Waals surface area contributed by atoms with Crippen molar-refractivity contribution in [3.63, 3.8) is 0 Å². The van der Waals surface area contributed by atoms with Crippen LogP contribution in [0.2, 0.25) is 0 Å². The minimum Gasteiger partial charge on any atom is -0.355 e. The van der Waals surface area contributed by atoms with Crippen molar-refractivity contribution in [1.29, 1.82) is 0 Å². The van der Waals surface area contributed by atoms with Crippen molar-refractivity contribution < 1.29 is 25.8 Å². The number of halogens is 3. The molecule has 0 amide bonds. The SMILES string of the molecule is CC.O=S(=O)(Oc1ncccc1CC1CC=CC1)C(F)(F)F. The predicted octanol–water partition coefficient (Wildman–Crippen LogP) is 3.84. The van der Waals surface area contributed by atoms with Crippen molar-refractivity contribution in [2.24, 2.45) is 5.92 Å². The number of nitrogens with zero attached hydrogens (tertiary/aromatic N) is 1. The Morgan fingerprint density at radius 2 is 1.86 bits per heavy atom. The first-order valence-corrected chi connectivity index (χ1v) is 8.30. The van der Waals surface area contributed by atoms with Gasteiger partial charge in [-0.05, 0) is 31.2 Å². The Hall–Kier alpha value is -1.57. The fourth-order valence-electron chi connectivity index (χ4n) is 1.96. The number of allylic oxidation sites excluding steroid dienone is 2. The lowest BCUT2D eigenvalue weighted by Gasteiger charge is -2.14. The van der Waals surface area contributed by atoms with Gasteiger partial charge < -0.3 is 4.18 Å². The second-order valence-electron chi connectivity index (χ2n) is 4.46.